The van der Waals surface area contributed by atoms with Crippen LogP contribution in [-0.2, 0) is 9.59 Å². The van der Waals surface area contributed by atoms with Crippen LogP contribution in [0.4, 0.5) is 0 Å². The SMILES string of the molecule is CCCNCC(=O)NC(C)CC(CCC)NC(=O)COc1ccc(Cl)cc1. The van der Waals surface area contributed by atoms with Gasteiger partial charge in [-0.1, -0.05) is 31.9 Å². The molecule has 7 heteroatoms. The van der Waals surface area contributed by atoms with Crippen LogP contribution in [0.3, 0.4) is 0 Å². The summed E-state index contributed by atoms with van der Waals surface area (Å²) in [4.78, 5) is 24.1. The Labute approximate surface area is 167 Å². The minimum atomic E-state index is -0.175. The van der Waals surface area contributed by atoms with Crippen LogP contribution in [0.25, 0.3) is 0 Å². The molecule has 2 atom stereocenters. The Balaban J connectivity index is 2.39. The molecule has 0 bridgehead atoms. The average Bonchev–Trinajstić information content (AvgIpc) is 2.61. The van der Waals surface area contributed by atoms with Crippen molar-refractivity contribution in [2.24, 2.45) is 0 Å². The van der Waals surface area contributed by atoms with Gasteiger partial charge in [0.25, 0.3) is 5.91 Å². The lowest BCUT2D eigenvalue weighted by Crippen LogP contribution is -2.45. The number of amides is 2. The van der Waals surface area contributed by atoms with E-state index in [-0.39, 0.29) is 30.5 Å². The number of carbonyl (C=O) groups excluding carboxylic acids is 2. The van der Waals surface area contributed by atoms with Gasteiger partial charge in [-0.15, -0.1) is 0 Å². The van der Waals surface area contributed by atoms with Gasteiger partial charge in [0.1, 0.15) is 5.75 Å². The predicted molar refractivity (Wildman–Crippen MR) is 109 cm³/mol. The van der Waals surface area contributed by atoms with E-state index in [1.54, 1.807) is 24.3 Å². The number of nitrogens with one attached hydrogen (secondary N) is 3. The minimum Gasteiger partial charge on any atom is -0.484 e. The number of halogens is 1. The smallest absolute Gasteiger partial charge is 0.258 e. The molecule has 152 valence electrons. The molecule has 0 fully saturated rings. The first-order chi connectivity index (χ1) is 12.9. The lowest BCUT2D eigenvalue weighted by molar-refractivity contribution is -0.123. The Morgan fingerprint density at radius 3 is 2.41 bits per heavy atom. The van der Waals surface area contributed by atoms with Crippen molar-refractivity contribution >= 4 is 23.4 Å². The molecule has 2 unspecified atom stereocenters. The Kier molecular flexibility index (Phi) is 11.5. The molecule has 1 aromatic rings. The molecule has 0 saturated carbocycles. The fraction of sp³-hybridized carbons (Fsp3) is 0.600. The molecule has 1 aromatic carbocycles. The highest BCUT2D eigenvalue weighted by Crippen LogP contribution is 2.15. The Hall–Kier alpha value is -1.79. The van der Waals surface area contributed by atoms with E-state index in [4.69, 9.17) is 16.3 Å². The number of ether oxygens (including phenoxy) is 1. The number of benzene rings is 1. The van der Waals surface area contributed by atoms with Crippen LogP contribution in [-0.4, -0.2) is 43.6 Å². The summed E-state index contributed by atoms with van der Waals surface area (Å²) in [6.45, 7) is 7.17. The second-order valence-corrected chi connectivity index (χ2v) is 7.11. The van der Waals surface area contributed by atoms with Gasteiger partial charge in [-0.05, 0) is 57.0 Å². The first-order valence-corrected chi connectivity index (χ1v) is 10.00. The molecule has 0 aliphatic carbocycles. The van der Waals surface area contributed by atoms with Crippen LogP contribution >= 0.6 is 11.6 Å². The molecule has 0 saturated heterocycles. The maximum atomic E-state index is 12.2. The van der Waals surface area contributed by atoms with Crippen LogP contribution in [0.5, 0.6) is 5.75 Å². The molecule has 0 aliphatic heterocycles. The van der Waals surface area contributed by atoms with Gasteiger partial charge in [-0.3, -0.25) is 9.59 Å². The molecule has 27 heavy (non-hydrogen) atoms. The third-order valence-electron chi connectivity index (χ3n) is 3.94. The standard InChI is InChI=1S/C20H32ClN3O3/c1-4-6-17(12-15(3)23-19(25)13-22-11-5-2)24-20(26)14-27-18-9-7-16(21)8-10-18/h7-10,15,17,22H,4-6,11-14H2,1-3H3,(H,23,25)(H,24,26). The van der Waals surface area contributed by atoms with Gasteiger partial charge in [-0.25, -0.2) is 0 Å². The molecular weight excluding hydrogens is 366 g/mol. The van der Waals surface area contributed by atoms with Crippen molar-refractivity contribution in [3.8, 4) is 5.75 Å². The van der Waals surface area contributed by atoms with E-state index in [1.165, 1.54) is 0 Å². The van der Waals surface area contributed by atoms with Crippen LogP contribution in [0.1, 0.15) is 46.5 Å². The van der Waals surface area contributed by atoms with Crippen molar-refractivity contribution < 1.29 is 14.3 Å². The first kappa shape index (κ1) is 23.2. The van der Waals surface area contributed by atoms with Crippen molar-refractivity contribution in [2.45, 2.75) is 58.5 Å². The second kappa shape index (κ2) is 13.4. The highest BCUT2D eigenvalue weighted by Gasteiger charge is 2.17. The summed E-state index contributed by atoms with van der Waals surface area (Å²) < 4.78 is 5.48. The molecule has 0 aliphatic rings. The molecule has 0 heterocycles. The van der Waals surface area contributed by atoms with Crippen molar-refractivity contribution in [3.63, 3.8) is 0 Å². The van der Waals surface area contributed by atoms with Crippen LogP contribution in [0.15, 0.2) is 24.3 Å². The molecule has 6 nitrogen and oxygen atoms in total. The first-order valence-electron chi connectivity index (χ1n) is 9.62. The van der Waals surface area contributed by atoms with Crippen molar-refractivity contribution in [3.05, 3.63) is 29.3 Å². The second-order valence-electron chi connectivity index (χ2n) is 6.68. The fourth-order valence-electron chi connectivity index (χ4n) is 2.74. The lowest BCUT2D eigenvalue weighted by Gasteiger charge is -2.23. The molecule has 1 rings (SSSR count). The average molecular weight is 398 g/mol. The normalized spacial score (nSPS) is 12.9. The Morgan fingerprint density at radius 1 is 1.07 bits per heavy atom. The Bertz CT molecular complexity index is 566. The Morgan fingerprint density at radius 2 is 1.78 bits per heavy atom. The molecule has 0 aromatic heterocycles. The summed E-state index contributed by atoms with van der Waals surface area (Å²) >= 11 is 5.83. The summed E-state index contributed by atoms with van der Waals surface area (Å²) in [6, 6.07) is 6.86. The topological polar surface area (TPSA) is 79.5 Å². The van der Waals surface area contributed by atoms with E-state index >= 15 is 0 Å². The summed E-state index contributed by atoms with van der Waals surface area (Å²) in [5.41, 5.74) is 0. The summed E-state index contributed by atoms with van der Waals surface area (Å²) in [5.74, 6) is 0.400. The fourth-order valence-corrected chi connectivity index (χ4v) is 2.86. The van der Waals surface area contributed by atoms with Crippen LogP contribution < -0.4 is 20.7 Å². The summed E-state index contributed by atoms with van der Waals surface area (Å²) in [5, 5.41) is 9.67. The highest BCUT2D eigenvalue weighted by molar-refractivity contribution is 6.30. The van der Waals surface area contributed by atoms with Crippen molar-refractivity contribution in [1.29, 1.82) is 0 Å². The van der Waals surface area contributed by atoms with E-state index in [0.717, 1.165) is 25.8 Å². The number of rotatable bonds is 13. The quantitative estimate of drug-likeness (QED) is 0.447. The molecule has 2 amide bonds. The van der Waals surface area contributed by atoms with E-state index in [1.807, 2.05) is 6.92 Å². The third kappa shape index (κ3) is 10.8. The minimum absolute atomic E-state index is 0.00443. The largest absolute Gasteiger partial charge is 0.484 e. The number of hydrogen-bond donors (Lipinski definition) is 3. The molecule has 0 radical (unpaired) electrons. The third-order valence-corrected chi connectivity index (χ3v) is 4.20. The molecule has 0 spiro atoms. The monoisotopic (exact) mass is 397 g/mol. The zero-order chi connectivity index (χ0) is 20.1. The van der Waals surface area contributed by atoms with Crippen LogP contribution in [0.2, 0.25) is 5.02 Å². The molecule has 3 N–H and O–H groups in total. The highest BCUT2D eigenvalue weighted by atomic mass is 35.5. The van der Waals surface area contributed by atoms with Gasteiger partial charge in [0, 0.05) is 17.1 Å². The van der Waals surface area contributed by atoms with E-state index in [9.17, 15) is 9.59 Å². The van der Waals surface area contributed by atoms with Gasteiger partial charge >= 0.3 is 0 Å². The predicted octanol–water partition coefficient (Wildman–Crippen LogP) is 2.90. The zero-order valence-electron chi connectivity index (χ0n) is 16.5. The lowest BCUT2D eigenvalue weighted by atomic mass is 10.0. The van der Waals surface area contributed by atoms with Gasteiger partial charge in [0.05, 0.1) is 6.54 Å². The molecular formula is C20H32ClN3O3. The van der Waals surface area contributed by atoms with Crippen molar-refractivity contribution in [2.75, 3.05) is 19.7 Å². The maximum absolute atomic E-state index is 12.2. The van der Waals surface area contributed by atoms with Crippen molar-refractivity contribution in [1.82, 2.24) is 16.0 Å². The van der Waals surface area contributed by atoms with Crippen LogP contribution in [0, 0.1) is 0 Å². The maximum Gasteiger partial charge on any atom is 0.258 e. The number of hydrogen-bond acceptors (Lipinski definition) is 4. The van der Waals surface area contributed by atoms with E-state index in [2.05, 4.69) is 29.8 Å². The van der Waals surface area contributed by atoms with Gasteiger partial charge in [0.2, 0.25) is 5.91 Å². The van der Waals surface area contributed by atoms with Gasteiger partial charge in [0.15, 0.2) is 6.61 Å². The number of carbonyl (C=O) groups is 2. The van der Waals surface area contributed by atoms with Gasteiger partial charge in [-0.2, -0.15) is 0 Å². The van der Waals surface area contributed by atoms with E-state index < -0.39 is 0 Å². The van der Waals surface area contributed by atoms with E-state index in [0.29, 0.717) is 23.7 Å². The summed E-state index contributed by atoms with van der Waals surface area (Å²) in [7, 11) is 0. The van der Waals surface area contributed by atoms with Gasteiger partial charge < -0.3 is 20.7 Å². The summed E-state index contributed by atoms with van der Waals surface area (Å²) in [6.07, 6.45) is 3.47. The zero-order valence-corrected chi connectivity index (χ0v) is 17.3.